The quantitative estimate of drug-likeness (QED) is 0.640. The number of ether oxygens (including phenoxy) is 1. The summed E-state index contributed by atoms with van der Waals surface area (Å²) < 4.78 is 11.7. The maximum Gasteiger partial charge on any atom is 0.256 e. The SMILES string of the molecule is C=Cc1cccc(O[Si](C)(C)C(C)(C)C)c1NC(=O)[C@@H]1O[C@@H]1C. The van der Waals surface area contributed by atoms with E-state index < -0.39 is 8.32 Å². The summed E-state index contributed by atoms with van der Waals surface area (Å²) in [5.74, 6) is 0.572. The van der Waals surface area contributed by atoms with Crippen molar-refractivity contribution in [2.24, 2.45) is 0 Å². The number of carbonyl (C=O) groups is 1. The lowest BCUT2D eigenvalue weighted by molar-refractivity contribution is -0.117. The van der Waals surface area contributed by atoms with Crippen molar-refractivity contribution in [2.75, 3.05) is 5.32 Å². The van der Waals surface area contributed by atoms with Crippen LogP contribution in [0.2, 0.25) is 18.1 Å². The zero-order valence-electron chi connectivity index (χ0n) is 14.9. The van der Waals surface area contributed by atoms with Gasteiger partial charge in [0, 0.05) is 5.56 Å². The monoisotopic (exact) mass is 333 g/mol. The van der Waals surface area contributed by atoms with E-state index in [0.29, 0.717) is 11.4 Å². The molecular weight excluding hydrogens is 306 g/mol. The average Bonchev–Trinajstić information content (AvgIpc) is 3.16. The van der Waals surface area contributed by atoms with Crippen molar-refractivity contribution in [3.63, 3.8) is 0 Å². The molecule has 0 saturated carbocycles. The molecule has 1 amide bonds. The molecule has 4 nitrogen and oxygen atoms in total. The van der Waals surface area contributed by atoms with Gasteiger partial charge in [-0.25, -0.2) is 0 Å². The van der Waals surface area contributed by atoms with Gasteiger partial charge in [-0.3, -0.25) is 4.79 Å². The molecule has 1 saturated heterocycles. The number of amides is 1. The summed E-state index contributed by atoms with van der Waals surface area (Å²) in [6.07, 6.45) is 1.34. The number of rotatable bonds is 5. The molecule has 1 aromatic rings. The number of nitrogens with one attached hydrogen (secondary N) is 1. The van der Waals surface area contributed by atoms with Crippen LogP contribution < -0.4 is 9.74 Å². The second-order valence-corrected chi connectivity index (χ2v) is 12.3. The molecule has 1 aliphatic rings. The molecule has 126 valence electrons. The molecule has 1 aliphatic heterocycles. The van der Waals surface area contributed by atoms with Crippen LogP contribution in [0.25, 0.3) is 6.08 Å². The third kappa shape index (κ3) is 3.84. The minimum atomic E-state index is -2.01. The van der Waals surface area contributed by atoms with Crippen LogP contribution in [-0.2, 0) is 9.53 Å². The van der Waals surface area contributed by atoms with E-state index in [0.717, 1.165) is 5.56 Å². The summed E-state index contributed by atoms with van der Waals surface area (Å²) in [5, 5.41) is 3.03. The van der Waals surface area contributed by atoms with Crippen LogP contribution in [-0.4, -0.2) is 26.4 Å². The van der Waals surface area contributed by atoms with Crippen LogP contribution in [0.5, 0.6) is 5.75 Å². The first-order valence-corrected chi connectivity index (χ1v) is 10.9. The van der Waals surface area contributed by atoms with Gasteiger partial charge < -0.3 is 14.5 Å². The molecular formula is C18H27NO3Si. The van der Waals surface area contributed by atoms with E-state index in [-0.39, 0.29) is 23.2 Å². The Morgan fingerprint density at radius 3 is 2.48 bits per heavy atom. The first-order chi connectivity index (χ1) is 10.6. The molecule has 1 N–H and O–H groups in total. The summed E-state index contributed by atoms with van der Waals surface area (Å²) in [4.78, 5) is 12.3. The van der Waals surface area contributed by atoms with E-state index in [1.54, 1.807) is 6.08 Å². The van der Waals surface area contributed by atoms with E-state index in [2.05, 4.69) is 45.8 Å². The third-order valence-corrected chi connectivity index (χ3v) is 9.01. The number of anilines is 1. The Bertz CT molecular complexity index is 619. The Kier molecular flexibility index (Phi) is 4.73. The highest BCUT2D eigenvalue weighted by molar-refractivity contribution is 6.74. The fourth-order valence-corrected chi connectivity index (χ4v) is 3.05. The lowest BCUT2D eigenvalue weighted by Crippen LogP contribution is -2.44. The Hall–Kier alpha value is -1.59. The number of hydrogen-bond acceptors (Lipinski definition) is 3. The molecule has 0 aromatic heterocycles. The van der Waals surface area contributed by atoms with Gasteiger partial charge in [-0.15, -0.1) is 0 Å². The summed E-state index contributed by atoms with van der Waals surface area (Å²) in [5.41, 5.74) is 1.53. The molecule has 0 radical (unpaired) electrons. The van der Waals surface area contributed by atoms with Gasteiger partial charge in [-0.2, -0.15) is 0 Å². The van der Waals surface area contributed by atoms with Gasteiger partial charge in [0.25, 0.3) is 14.2 Å². The molecule has 23 heavy (non-hydrogen) atoms. The number of benzene rings is 1. The van der Waals surface area contributed by atoms with Crippen molar-refractivity contribution in [1.29, 1.82) is 0 Å². The number of carbonyl (C=O) groups excluding carboxylic acids is 1. The van der Waals surface area contributed by atoms with Gasteiger partial charge in [-0.05, 0) is 31.1 Å². The maximum atomic E-state index is 12.3. The van der Waals surface area contributed by atoms with Crippen LogP contribution in [0.4, 0.5) is 5.69 Å². The fraction of sp³-hybridized carbons (Fsp3) is 0.500. The standard InChI is InChI=1S/C18H27NO3Si/c1-8-13-10-9-11-14(22-23(6,7)18(3,4)5)15(13)19-17(20)16-12(2)21-16/h8-12,16H,1H2,2-7H3,(H,19,20)/t12-,16-/m1/s1. The van der Waals surface area contributed by atoms with Gasteiger partial charge in [0.2, 0.25) is 0 Å². The summed E-state index contributed by atoms with van der Waals surface area (Å²) in [6.45, 7) is 16.7. The van der Waals surface area contributed by atoms with Gasteiger partial charge >= 0.3 is 0 Å². The van der Waals surface area contributed by atoms with E-state index in [4.69, 9.17) is 9.16 Å². The van der Waals surface area contributed by atoms with Crippen LogP contribution >= 0.6 is 0 Å². The average molecular weight is 334 g/mol. The first-order valence-electron chi connectivity index (χ1n) is 7.97. The maximum absolute atomic E-state index is 12.3. The first kappa shape index (κ1) is 17.8. The normalized spacial score (nSPS) is 20.8. The number of para-hydroxylation sites is 1. The van der Waals surface area contributed by atoms with E-state index in [1.165, 1.54) is 0 Å². The van der Waals surface area contributed by atoms with Crippen LogP contribution in [0.3, 0.4) is 0 Å². The van der Waals surface area contributed by atoms with Gasteiger partial charge in [0.1, 0.15) is 5.75 Å². The second kappa shape index (κ2) is 6.13. The predicted octanol–water partition coefficient (Wildman–Crippen LogP) is 4.44. The topological polar surface area (TPSA) is 50.9 Å². The molecule has 0 aliphatic carbocycles. The Morgan fingerprint density at radius 1 is 1.39 bits per heavy atom. The fourth-order valence-electron chi connectivity index (χ4n) is 2.02. The van der Waals surface area contributed by atoms with Crippen LogP contribution in [0, 0.1) is 0 Å². The van der Waals surface area contributed by atoms with E-state index in [1.807, 2.05) is 25.1 Å². The molecule has 1 heterocycles. The Morgan fingerprint density at radius 2 is 2.00 bits per heavy atom. The van der Waals surface area contributed by atoms with Crippen molar-refractivity contribution >= 4 is 26.0 Å². The molecule has 5 heteroatoms. The van der Waals surface area contributed by atoms with Crippen LogP contribution in [0.15, 0.2) is 24.8 Å². The van der Waals surface area contributed by atoms with Gasteiger partial charge in [-0.1, -0.05) is 45.6 Å². The molecule has 1 aromatic carbocycles. The molecule has 2 atom stereocenters. The Labute approximate surface area is 140 Å². The summed E-state index contributed by atoms with van der Waals surface area (Å²) in [7, 11) is -2.01. The second-order valence-electron chi connectivity index (χ2n) is 7.54. The highest BCUT2D eigenvalue weighted by atomic mass is 28.4. The molecule has 0 spiro atoms. The largest absolute Gasteiger partial charge is 0.542 e. The summed E-state index contributed by atoms with van der Waals surface area (Å²) in [6, 6.07) is 5.74. The Balaban J connectivity index is 2.32. The van der Waals surface area contributed by atoms with Crippen molar-refractivity contribution in [1.82, 2.24) is 0 Å². The molecule has 0 unspecified atom stereocenters. The lowest BCUT2D eigenvalue weighted by atomic mass is 10.1. The highest BCUT2D eigenvalue weighted by Gasteiger charge is 2.42. The van der Waals surface area contributed by atoms with Gasteiger partial charge in [0.15, 0.2) is 6.10 Å². The zero-order valence-corrected chi connectivity index (χ0v) is 15.9. The van der Waals surface area contributed by atoms with Crippen molar-refractivity contribution in [2.45, 2.75) is 58.0 Å². The van der Waals surface area contributed by atoms with Crippen molar-refractivity contribution in [3.8, 4) is 5.75 Å². The van der Waals surface area contributed by atoms with E-state index in [9.17, 15) is 4.79 Å². The minimum Gasteiger partial charge on any atom is -0.542 e. The molecule has 0 bridgehead atoms. The van der Waals surface area contributed by atoms with E-state index >= 15 is 0 Å². The third-order valence-electron chi connectivity index (χ3n) is 4.67. The zero-order chi connectivity index (χ0) is 17.4. The lowest BCUT2D eigenvalue weighted by Gasteiger charge is -2.37. The molecule has 1 fully saturated rings. The minimum absolute atomic E-state index is 0.0179. The highest BCUT2D eigenvalue weighted by Crippen LogP contribution is 2.40. The number of hydrogen-bond donors (Lipinski definition) is 1. The number of epoxide rings is 1. The van der Waals surface area contributed by atoms with Crippen molar-refractivity contribution < 1.29 is 14.0 Å². The smallest absolute Gasteiger partial charge is 0.256 e. The molecule has 2 rings (SSSR count). The van der Waals surface area contributed by atoms with Gasteiger partial charge in [0.05, 0.1) is 11.8 Å². The van der Waals surface area contributed by atoms with Crippen LogP contribution in [0.1, 0.15) is 33.3 Å². The predicted molar refractivity (Wildman–Crippen MR) is 97.3 cm³/mol. The van der Waals surface area contributed by atoms with Crippen molar-refractivity contribution in [3.05, 3.63) is 30.3 Å². The summed E-state index contributed by atoms with van der Waals surface area (Å²) >= 11 is 0.